The predicted octanol–water partition coefficient (Wildman–Crippen LogP) is 0.727. The maximum atomic E-state index is 12.1. The molecule has 2 bridgehead atoms. The van der Waals surface area contributed by atoms with E-state index in [9.17, 15) is 4.79 Å². The lowest BCUT2D eigenvalue weighted by Gasteiger charge is -2.22. The van der Waals surface area contributed by atoms with E-state index in [1.807, 2.05) is 0 Å². The molecule has 3 fully saturated rings. The molecule has 1 aliphatic carbocycles. The van der Waals surface area contributed by atoms with Crippen LogP contribution in [0.15, 0.2) is 0 Å². The van der Waals surface area contributed by atoms with Crippen molar-refractivity contribution < 1.29 is 4.79 Å². The SMILES string of the molecule is CCN(CCNC(=O)C1CC2CCC1N2)C1CC1. The molecule has 0 spiro atoms. The Kier molecular flexibility index (Phi) is 3.57. The fraction of sp³-hybridized carbons (Fsp3) is 0.929. The maximum Gasteiger partial charge on any atom is 0.224 e. The summed E-state index contributed by atoms with van der Waals surface area (Å²) in [7, 11) is 0. The molecule has 2 N–H and O–H groups in total. The Morgan fingerprint density at radius 2 is 2.17 bits per heavy atom. The molecule has 3 aliphatic rings. The van der Waals surface area contributed by atoms with E-state index >= 15 is 0 Å². The molecular formula is C14H25N3O. The van der Waals surface area contributed by atoms with Crippen LogP contribution in [0, 0.1) is 5.92 Å². The molecule has 2 heterocycles. The highest BCUT2D eigenvalue weighted by Gasteiger charge is 2.42. The van der Waals surface area contributed by atoms with Crippen molar-refractivity contribution in [1.82, 2.24) is 15.5 Å². The molecule has 102 valence electrons. The number of fused-ring (bicyclic) bond motifs is 2. The van der Waals surface area contributed by atoms with Gasteiger partial charge in [0.1, 0.15) is 0 Å². The molecule has 0 aromatic rings. The van der Waals surface area contributed by atoms with Crippen molar-refractivity contribution in [3.05, 3.63) is 0 Å². The van der Waals surface area contributed by atoms with E-state index in [1.54, 1.807) is 0 Å². The van der Waals surface area contributed by atoms with Crippen LogP contribution in [0.3, 0.4) is 0 Å². The standard InChI is InChI=1S/C14H25N3O/c1-2-17(11-4-5-11)8-7-15-14(18)12-9-10-3-6-13(12)16-10/h10-13,16H,2-9H2,1H3,(H,15,18). The highest BCUT2D eigenvalue weighted by Crippen LogP contribution is 2.33. The number of hydrogen-bond donors (Lipinski definition) is 2. The average Bonchev–Trinajstić information content (AvgIpc) is 3.00. The molecule has 4 nitrogen and oxygen atoms in total. The Balaban J connectivity index is 1.39. The molecule has 3 unspecified atom stereocenters. The van der Waals surface area contributed by atoms with Crippen molar-refractivity contribution in [2.24, 2.45) is 5.92 Å². The van der Waals surface area contributed by atoms with Gasteiger partial charge in [-0.3, -0.25) is 9.69 Å². The van der Waals surface area contributed by atoms with Crippen LogP contribution in [-0.2, 0) is 4.79 Å². The summed E-state index contributed by atoms with van der Waals surface area (Å²) in [6, 6.07) is 1.88. The largest absolute Gasteiger partial charge is 0.355 e. The van der Waals surface area contributed by atoms with Gasteiger partial charge in [-0.1, -0.05) is 6.92 Å². The second-order valence-electron chi connectivity index (χ2n) is 6.04. The van der Waals surface area contributed by atoms with E-state index in [4.69, 9.17) is 0 Å². The lowest BCUT2D eigenvalue weighted by atomic mass is 9.88. The van der Waals surface area contributed by atoms with Gasteiger partial charge in [0.15, 0.2) is 0 Å². The summed E-state index contributed by atoms with van der Waals surface area (Å²) in [6.45, 7) is 5.15. The van der Waals surface area contributed by atoms with E-state index in [1.165, 1.54) is 25.7 Å². The summed E-state index contributed by atoms with van der Waals surface area (Å²) in [4.78, 5) is 14.6. The molecule has 3 atom stereocenters. The number of amides is 1. The van der Waals surface area contributed by atoms with E-state index in [0.717, 1.165) is 32.1 Å². The molecule has 0 aromatic heterocycles. The number of rotatable bonds is 6. The zero-order chi connectivity index (χ0) is 12.5. The van der Waals surface area contributed by atoms with Gasteiger partial charge < -0.3 is 10.6 Å². The fourth-order valence-electron chi connectivity index (χ4n) is 3.61. The number of carbonyl (C=O) groups is 1. The molecule has 3 rings (SSSR count). The van der Waals surface area contributed by atoms with Crippen LogP contribution < -0.4 is 10.6 Å². The summed E-state index contributed by atoms with van der Waals surface area (Å²) in [5.74, 6) is 0.515. The summed E-state index contributed by atoms with van der Waals surface area (Å²) in [5.41, 5.74) is 0. The first kappa shape index (κ1) is 12.4. The maximum absolute atomic E-state index is 12.1. The number of hydrogen-bond acceptors (Lipinski definition) is 3. The third-order valence-electron chi connectivity index (χ3n) is 4.80. The van der Waals surface area contributed by atoms with Crippen LogP contribution in [0.1, 0.15) is 39.0 Å². The van der Waals surface area contributed by atoms with Gasteiger partial charge in [0, 0.05) is 31.2 Å². The first-order chi connectivity index (χ1) is 8.78. The highest BCUT2D eigenvalue weighted by atomic mass is 16.1. The van der Waals surface area contributed by atoms with Gasteiger partial charge in [0.05, 0.1) is 5.92 Å². The van der Waals surface area contributed by atoms with Crippen LogP contribution in [0.5, 0.6) is 0 Å². The van der Waals surface area contributed by atoms with Gasteiger partial charge in [0.2, 0.25) is 5.91 Å². The van der Waals surface area contributed by atoms with Crippen LogP contribution in [0.2, 0.25) is 0 Å². The monoisotopic (exact) mass is 251 g/mol. The third-order valence-corrected chi connectivity index (χ3v) is 4.80. The molecular weight excluding hydrogens is 226 g/mol. The van der Waals surface area contributed by atoms with Crippen molar-refractivity contribution in [3.8, 4) is 0 Å². The molecule has 4 heteroatoms. The summed E-state index contributed by atoms with van der Waals surface area (Å²) < 4.78 is 0. The molecule has 0 aromatic carbocycles. The van der Waals surface area contributed by atoms with E-state index in [2.05, 4.69) is 22.5 Å². The van der Waals surface area contributed by atoms with E-state index in [-0.39, 0.29) is 11.8 Å². The zero-order valence-electron chi connectivity index (χ0n) is 11.3. The third kappa shape index (κ3) is 2.54. The Labute approximate surface area is 109 Å². The fourth-order valence-corrected chi connectivity index (χ4v) is 3.61. The molecule has 1 saturated carbocycles. The zero-order valence-corrected chi connectivity index (χ0v) is 11.3. The van der Waals surface area contributed by atoms with E-state index < -0.39 is 0 Å². The number of nitrogens with zero attached hydrogens (tertiary/aromatic N) is 1. The smallest absolute Gasteiger partial charge is 0.224 e. The highest BCUT2D eigenvalue weighted by molar-refractivity contribution is 5.80. The second-order valence-corrected chi connectivity index (χ2v) is 6.04. The minimum Gasteiger partial charge on any atom is -0.355 e. The first-order valence-electron chi connectivity index (χ1n) is 7.55. The van der Waals surface area contributed by atoms with Gasteiger partial charge in [0.25, 0.3) is 0 Å². The minimum absolute atomic E-state index is 0.236. The summed E-state index contributed by atoms with van der Waals surface area (Å²) in [6.07, 6.45) is 6.19. The molecule has 2 saturated heterocycles. The lowest BCUT2D eigenvalue weighted by Crippen LogP contribution is -2.41. The Hall–Kier alpha value is -0.610. The molecule has 1 amide bonds. The van der Waals surface area contributed by atoms with Gasteiger partial charge in [-0.25, -0.2) is 0 Å². The minimum atomic E-state index is 0.236. The Morgan fingerprint density at radius 3 is 2.72 bits per heavy atom. The number of nitrogens with one attached hydrogen (secondary N) is 2. The van der Waals surface area contributed by atoms with Crippen molar-refractivity contribution in [2.45, 2.75) is 57.2 Å². The average molecular weight is 251 g/mol. The van der Waals surface area contributed by atoms with Crippen molar-refractivity contribution >= 4 is 5.91 Å². The van der Waals surface area contributed by atoms with Gasteiger partial charge in [-0.2, -0.15) is 0 Å². The van der Waals surface area contributed by atoms with Crippen molar-refractivity contribution in [2.75, 3.05) is 19.6 Å². The predicted molar refractivity (Wildman–Crippen MR) is 71.3 cm³/mol. The molecule has 2 aliphatic heterocycles. The first-order valence-corrected chi connectivity index (χ1v) is 7.55. The van der Waals surface area contributed by atoms with Crippen LogP contribution >= 0.6 is 0 Å². The Morgan fingerprint density at radius 1 is 1.33 bits per heavy atom. The van der Waals surface area contributed by atoms with E-state index in [0.29, 0.717) is 12.1 Å². The van der Waals surface area contributed by atoms with Crippen molar-refractivity contribution in [1.29, 1.82) is 0 Å². The second kappa shape index (κ2) is 5.17. The normalized spacial score (nSPS) is 34.2. The number of carbonyl (C=O) groups excluding carboxylic acids is 1. The van der Waals surface area contributed by atoms with Crippen LogP contribution in [0.4, 0.5) is 0 Å². The summed E-state index contributed by atoms with van der Waals surface area (Å²) in [5, 5.41) is 6.66. The van der Waals surface area contributed by atoms with Crippen LogP contribution in [0.25, 0.3) is 0 Å². The summed E-state index contributed by atoms with van der Waals surface area (Å²) >= 11 is 0. The molecule has 0 radical (unpaired) electrons. The topological polar surface area (TPSA) is 44.4 Å². The quantitative estimate of drug-likeness (QED) is 0.731. The number of likely N-dealkylation sites (N-methyl/N-ethyl adjacent to an activating group) is 1. The van der Waals surface area contributed by atoms with Gasteiger partial charge in [-0.05, 0) is 38.6 Å². The van der Waals surface area contributed by atoms with Gasteiger partial charge in [-0.15, -0.1) is 0 Å². The van der Waals surface area contributed by atoms with Gasteiger partial charge >= 0.3 is 0 Å². The Bertz CT molecular complexity index is 316. The lowest BCUT2D eigenvalue weighted by molar-refractivity contribution is -0.125. The van der Waals surface area contributed by atoms with Crippen LogP contribution in [-0.4, -0.2) is 48.6 Å². The van der Waals surface area contributed by atoms with Crippen molar-refractivity contribution in [3.63, 3.8) is 0 Å². The molecule has 18 heavy (non-hydrogen) atoms.